The Labute approximate surface area is 81.3 Å². The first-order valence-corrected chi connectivity index (χ1v) is 5.69. The Balaban J connectivity index is 1.96. The summed E-state index contributed by atoms with van der Waals surface area (Å²) >= 11 is 0. The monoisotopic (exact) mass is 187 g/mol. The standard InChI is InChI=1S/C11H22FN/c1-2-3-4-5-8-13-9-6-11(12)7-10-13/h11H,2-10H2,1H3. The summed E-state index contributed by atoms with van der Waals surface area (Å²) in [5.74, 6) is 0. The highest BCUT2D eigenvalue weighted by molar-refractivity contribution is 4.70. The van der Waals surface area contributed by atoms with Gasteiger partial charge in [0.25, 0.3) is 0 Å². The van der Waals surface area contributed by atoms with Crippen molar-refractivity contribution in [2.75, 3.05) is 19.6 Å². The van der Waals surface area contributed by atoms with Gasteiger partial charge in [-0.3, -0.25) is 0 Å². The Hall–Kier alpha value is -0.110. The highest BCUT2D eigenvalue weighted by Gasteiger charge is 2.17. The van der Waals surface area contributed by atoms with E-state index in [4.69, 9.17) is 0 Å². The largest absolute Gasteiger partial charge is 0.303 e. The van der Waals surface area contributed by atoms with Crippen LogP contribution in [0.3, 0.4) is 0 Å². The van der Waals surface area contributed by atoms with E-state index in [-0.39, 0.29) is 0 Å². The summed E-state index contributed by atoms with van der Waals surface area (Å²) in [5, 5.41) is 0. The van der Waals surface area contributed by atoms with Crippen LogP contribution in [0, 0.1) is 0 Å². The quantitative estimate of drug-likeness (QED) is 0.598. The molecule has 0 aromatic carbocycles. The molecule has 13 heavy (non-hydrogen) atoms. The van der Waals surface area contributed by atoms with Crippen molar-refractivity contribution in [2.45, 2.75) is 51.6 Å². The Morgan fingerprint density at radius 2 is 1.85 bits per heavy atom. The van der Waals surface area contributed by atoms with Crippen LogP contribution in [-0.2, 0) is 0 Å². The molecular weight excluding hydrogens is 165 g/mol. The van der Waals surface area contributed by atoms with Crippen LogP contribution in [0.4, 0.5) is 4.39 Å². The van der Waals surface area contributed by atoms with Gasteiger partial charge in [-0.25, -0.2) is 4.39 Å². The number of unbranched alkanes of at least 4 members (excludes halogenated alkanes) is 3. The van der Waals surface area contributed by atoms with Crippen LogP contribution in [0.25, 0.3) is 0 Å². The third-order valence-corrected chi connectivity index (χ3v) is 2.85. The molecule has 0 aromatic rings. The lowest BCUT2D eigenvalue weighted by atomic mass is 10.1. The third-order valence-electron chi connectivity index (χ3n) is 2.85. The van der Waals surface area contributed by atoms with Gasteiger partial charge >= 0.3 is 0 Å². The first-order valence-electron chi connectivity index (χ1n) is 5.69. The maximum atomic E-state index is 12.8. The zero-order valence-corrected chi connectivity index (χ0v) is 8.77. The molecule has 1 fully saturated rings. The SMILES string of the molecule is CCCCCCN1CCC(F)CC1. The van der Waals surface area contributed by atoms with E-state index in [1.807, 2.05) is 0 Å². The highest BCUT2D eigenvalue weighted by Crippen LogP contribution is 2.13. The maximum Gasteiger partial charge on any atom is 0.103 e. The fourth-order valence-electron chi connectivity index (χ4n) is 1.89. The predicted octanol–water partition coefficient (Wildman–Crippen LogP) is 3.00. The van der Waals surface area contributed by atoms with Crippen molar-refractivity contribution in [1.29, 1.82) is 0 Å². The van der Waals surface area contributed by atoms with E-state index in [2.05, 4.69) is 11.8 Å². The van der Waals surface area contributed by atoms with Gasteiger partial charge in [0, 0.05) is 13.1 Å². The summed E-state index contributed by atoms with van der Waals surface area (Å²) < 4.78 is 12.8. The molecule has 2 heteroatoms. The molecule has 1 rings (SSSR count). The van der Waals surface area contributed by atoms with Crippen LogP contribution in [0.1, 0.15) is 45.4 Å². The van der Waals surface area contributed by atoms with Crippen molar-refractivity contribution in [3.8, 4) is 0 Å². The molecule has 0 aromatic heterocycles. The van der Waals surface area contributed by atoms with Gasteiger partial charge in [-0.05, 0) is 25.8 Å². The van der Waals surface area contributed by atoms with Crippen molar-refractivity contribution in [3.05, 3.63) is 0 Å². The van der Waals surface area contributed by atoms with E-state index >= 15 is 0 Å². The lowest BCUT2D eigenvalue weighted by Gasteiger charge is -2.28. The highest BCUT2D eigenvalue weighted by atomic mass is 19.1. The van der Waals surface area contributed by atoms with Crippen LogP contribution in [0.15, 0.2) is 0 Å². The molecular formula is C11H22FN. The molecule has 0 spiro atoms. The van der Waals surface area contributed by atoms with Crippen LogP contribution in [0.5, 0.6) is 0 Å². The molecule has 0 amide bonds. The number of hydrogen-bond donors (Lipinski definition) is 0. The molecule has 78 valence electrons. The number of halogens is 1. The van der Waals surface area contributed by atoms with Crippen molar-refractivity contribution in [3.63, 3.8) is 0 Å². The number of hydrogen-bond acceptors (Lipinski definition) is 1. The van der Waals surface area contributed by atoms with Gasteiger partial charge in [0.1, 0.15) is 6.17 Å². The first-order chi connectivity index (χ1) is 6.33. The van der Waals surface area contributed by atoms with Gasteiger partial charge in [-0.2, -0.15) is 0 Å². The van der Waals surface area contributed by atoms with Gasteiger partial charge in [0.15, 0.2) is 0 Å². The summed E-state index contributed by atoms with van der Waals surface area (Å²) in [4.78, 5) is 2.41. The Kier molecular flexibility index (Phi) is 5.37. The molecule has 0 radical (unpaired) electrons. The Morgan fingerprint density at radius 1 is 1.15 bits per heavy atom. The second kappa shape index (κ2) is 6.36. The van der Waals surface area contributed by atoms with Crippen LogP contribution < -0.4 is 0 Å². The molecule has 1 aliphatic rings. The second-order valence-electron chi connectivity index (χ2n) is 4.08. The minimum Gasteiger partial charge on any atom is -0.303 e. The summed E-state index contributed by atoms with van der Waals surface area (Å²) in [5.41, 5.74) is 0. The fraction of sp³-hybridized carbons (Fsp3) is 1.00. The molecule has 0 N–H and O–H groups in total. The minimum absolute atomic E-state index is 0.521. The smallest absolute Gasteiger partial charge is 0.103 e. The fourth-order valence-corrected chi connectivity index (χ4v) is 1.89. The second-order valence-corrected chi connectivity index (χ2v) is 4.08. The van der Waals surface area contributed by atoms with Gasteiger partial charge in [0.2, 0.25) is 0 Å². The van der Waals surface area contributed by atoms with E-state index in [9.17, 15) is 4.39 Å². The third kappa shape index (κ3) is 4.61. The average molecular weight is 187 g/mol. The molecule has 0 unspecified atom stereocenters. The van der Waals surface area contributed by atoms with E-state index in [1.54, 1.807) is 0 Å². The van der Waals surface area contributed by atoms with Gasteiger partial charge in [0.05, 0.1) is 0 Å². The van der Waals surface area contributed by atoms with Crippen LogP contribution in [-0.4, -0.2) is 30.7 Å². The average Bonchev–Trinajstić information content (AvgIpc) is 2.15. The molecule has 1 nitrogen and oxygen atoms in total. The normalized spacial score (nSPS) is 20.8. The van der Waals surface area contributed by atoms with Crippen LogP contribution >= 0.6 is 0 Å². The van der Waals surface area contributed by atoms with Gasteiger partial charge < -0.3 is 4.90 Å². The molecule has 1 saturated heterocycles. The maximum absolute atomic E-state index is 12.8. The predicted molar refractivity (Wildman–Crippen MR) is 54.7 cm³/mol. The minimum atomic E-state index is -0.521. The molecule has 0 atom stereocenters. The topological polar surface area (TPSA) is 3.24 Å². The van der Waals surface area contributed by atoms with E-state index in [0.29, 0.717) is 0 Å². The summed E-state index contributed by atoms with van der Waals surface area (Å²) in [6, 6.07) is 0. The Morgan fingerprint density at radius 3 is 2.46 bits per heavy atom. The number of alkyl halides is 1. The summed E-state index contributed by atoms with van der Waals surface area (Å²) in [6.07, 6.45) is 6.27. The molecule has 0 aliphatic carbocycles. The molecule has 0 saturated carbocycles. The van der Waals surface area contributed by atoms with Crippen molar-refractivity contribution in [1.82, 2.24) is 4.90 Å². The summed E-state index contributed by atoms with van der Waals surface area (Å²) in [6.45, 7) is 5.38. The first kappa shape index (κ1) is 11.0. The van der Waals surface area contributed by atoms with Gasteiger partial charge in [-0.15, -0.1) is 0 Å². The molecule has 1 aliphatic heterocycles. The molecule has 0 bridgehead atoms. The lowest BCUT2D eigenvalue weighted by Crippen LogP contribution is -2.34. The zero-order valence-electron chi connectivity index (χ0n) is 8.77. The number of likely N-dealkylation sites (tertiary alicyclic amines) is 1. The molecule has 1 heterocycles. The number of nitrogens with zero attached hydrogens (tertiary/aromatic N) is 1. The number of rotatable bonds is 5. The van der Waals surface area contributed by atoms with E-state index < -0.39 is 6.17 Å². The van der Waals surface area contributed by atoms with Crippen molar-refractivity contribution >= 4 is 0 Å². The van der Waals surface area contributed by atoms with Gasteiger partial charge in [-0.1, -0.05) is 26.2 Å². The van der Waals surface area contributed by atoms with Crippen molar-refractivity contribution < 1.29 is 4.39 Å². The zero-order chi connectivity index (χ0) is 9.52. The van der Waals surface area contributed by atoms with Crippen LogP contribution in [0.2, 0.25) is 0 Å². The number of piperidine rings is 1. The Bertz CT molecular complexity index is 119. The lowest BCUT2D eigenvalue weighted by molar-refractivity contribution is 0.149. The van der Waals surface area contributed by atoms with E-state index in [1.165, 1.54) is 32.2 Å². The van der Waals surface area contributed by atoms with Crippen molar-refractivity contribution in [2.24, 2.45) is 0 Å². The van der Waals surface area contributed by atoms with E-state index in [0.717, 1.165) is 25.9 Å². The summed E-state index contributed by atoms with van der Waals surface area (Å²) in [7, 11) is 0.